The molecule has 1 aliphatic heterocycles. The number of carbonyl (C=O) groups excluding carboxylic acids is 3. The van der Waals surface area contributed by atoms with Crippen LogP contribution < -0.4 is 16.0 Å². The quantitative estimate of drug-likeness (QED) is 0.385. The molecule has 1 saturated heterocycles. The van der Waals surface area contributed by atoms with Crippen LogP contribution in [0.1, 0.15) is 70.8 Å². The number of alkyl carbamates (subject to hydrolysis) is 1. The van der Waals surface area contributed by atoms with E-state index in [1.807, 2.05) is 13.8 Å². The van der Waals surface area contributed by atoms with Gasteiger partial charge in [0.25, 0.3) is 0 Å². The second-order valence-corrected chi connectivity index (χ2v) is 11.0. The number of amides is 3. The van der Waals surface area contributed by atoms with Gasteiger partial charge in [0, 0.05) is 16.5 Å². The van der Waals surface area contributed by atoms with Crippen molar-refractivity contribution in [1.29, 1.82) is 0 Å². The zero-order chi connectivity index (χ0) is 25.4. The largest absolute Gasteiger partial charge is 0.445 e. The molecule has 2 fully saturated rings. The third kappa shape index (κ3) is 8.69. The first-order chi connectivity index (χ1) is 16.6. The Hall–Kier alpha value is -2.32. The van der Waals surface area contributed by atoms with Crippen LogP contribution in [0.3, 0.4) is 0 Å². The average Bonchev–Trinajstić information content (AvgIpc) is 3.08. The van der Waals surface area contributed by atoms with Crippen LogP contribution in [-0.2, 0) is 20.9 Å². The van der Waals surface area contributed by atoms with Gasteiger partial charge in [-0.3, -0.25) is 9.59 Å². The Bertz CT molecular complexity index is 887. The van der Waals surface area contributed by atoms with E-state index in [0.29, 0.717) is 30.2 Å². The predicted octanol–water partition coefficient (Wildman–Crippen LogP) is 3.69. The summed E-state index contributed by atoms with van der Waals surface area (Å²) in [5, 5.41) is 19.0. The Kier molecular flexibility index (Phi) is 9.80. The van der Waals surface area contributed by atoms with Crippen LogP contribution in [0, 0.1) is 11.8 Å². The molecule has 0 radical (unpaired) electrons. The summed E-state index contributed by atoms with van der Waals surface area (Å²) in [5.74, 6) is -0.382. The standard InChI is InChI=1S/C26H38ClN3O5/c1-26(2)14-19(23(32)30-26)13-21(15-31)28-24(33)22(12-17-7-4-3-5-8-17)29-25(34)35-16-18-9-6-10-20(27)11-18/h6,9-11,17,19,21-22,31H,3-5,7-8,12-16H2,1-2H3,(H,28,33)(H,29,34)(H,30,32). The summed E-state index contributed by atoms with van der Waals surface area (Å²) in [4.78, 5) is 38.1. The highest BCUT2D eigenvalue weighted by atomic mass is 35.5. The second-order valence-electron chi connectivity index (χ2n) is 10.5. The van der Waals surface area contributed by atoms with Crippen molar-refractivity contribution in [2.75, 3.05) is 6.61 Å². The summed E-state index contributed by atoms with van der Waals surface area (Å²) in [6.45, 7) is 3.66. The van der Waals surface area contributed by atoms with Gasteiger partial charge in [0.1, 0.15) is 12.6 Å². The molecule has 1 aromatic rings. The number of aliphatic hydroxyl groups excluding tert-OH is 1. The zero-order valence-corrected chi connectivity index (χ0v) is 21.4. The number of hydrogen-bond donors (Lipinski definition) is 4. The molecule has 194 valence electrons. The lowest BCUT2D eigenvalue weighted by atomic mass is 9.84. The van der Waals surface area contributed by atoms with Crippen LogP contribution in [0.15, 0.2) is 24.3 Å². The molecule has 1 heterocycles. The lowest BCUT2D eigenvalue weighted by Gasteiger charge is -2.28. The molecule has 0 bridgehead atoms. The topological polar surface area (TPSA) is 117 Å². The maximum absolute atomic E-state index is 13.2. The molecule has 3 amide bonds. The van der Waals surface area contributed by atoms with E-state index < -0.39 is 18.2 Å². The third-order valence-electron chi connectivity index (χ3n) is 6.89. The number of aliphatic hydroxyl groups is 1. The van der Waals surface area contributed by atoms with Crippen molar-refractivity contribution < 1.29 is 24.2 Å². The van der Waals surface area contributed by atoms with E-state index in [9.17, 15) is 19.5 Å². The molecule has 1 aromatic carbocycles. The molecule has 3 unspecified atom stereocenters. The van der Waals surface area contributed by atoms with Crippen LogP contribution >= 0.6 is 11.6 Å². The molecular weight excluding hydrogens is 470 g/mol. The minimum Gasteiger partial charge on any atom is -0.445 e. The molecule has 9 heteroatoms. The SMILES string of the molecule is CC1(C)CC(CC(CO)NC(=O)C(CC2CCCCC2)NC(=O)OCc2cccc(Cl)c2)C(=O)N1. The van der Waals surface area contributed by atoms with E-state index in [4.69, 9.17) is 16.3 Å². The molecule has 35 heavy (non-hydrogen) atoms. The van der Waals surface area contributed by atoms with Crippen LogP contribution in [0.25, 0.3) is 0 Å². The lowest BCUT2D eigenvalue weighted by molar-refractivity contribution is -0.126. The highest BCUT2D eigenvalue weighted by Crippen LogP contribution is 2.29. The zero-order valence-electron chi connectivity index (χ0n) is 20.6. The first kappa shape index (κ1) is 27.3. The van der Waals surface area contributed by atoms with Crippen molar-refractivity contribution in [3.8, 4) is 0 Å². The molecule has 4 N–H and O–H groups in total. The number of ether oxygens (including phenoxy) is 1. The van der Waals surface area contributed by atoms with Gasteiger partial charge in [0.2, 0.25) is 11.8 Å². The average molecular weight is 508 g/mol. The molecule has 1 aliphatic carbocycles. The Morgan fingerprint density at radius 3 is 2.57 bits per heavy atom. The van der Waals surface area contributed by atoms with Gasteiger partial charge in [-0.2, -0.15) is 0 Å². The van der Waals surface area contributed by atoms with Gasteiger partial charge in [-0.25, -0.2) is 4.79 Å². The van der Waals surface area contributed by atoms with Crippen molar-refractivity contribution in [2.24, 2.45) is 11.8 Å². The van der Waals surface area contributed by atoms with E-state index >= 15 is 0 Å². The monoisotopic (exact) mass is 507 g/mol. The van der Waals surface area contributed by atoms with Gasteiger partial charge in [-0.1, -0.05) is 55.8 Å². The summed E-state index contributed by atoms with van der Waals surface area (Å²) >= 11 is 5.99. The van der Waals surface area contributed by atoms with E-state index in [1.165, 1.54) is 6.42 Å². The summed E-state index contributed by atoms with van der Waals surface area (Å²) in [5.41, 5.74) is 0.447. The summed E-state index contributed by atoms with van der Waals surface area (Å²) in [6, 6.07) is 5.67. The van der Waals surface area contributed by atoms with Gasteiger partial charge in [0.15, 0.2) is 0 Å². The lowest BCUT2D eigenvalue weighted by Crippen LogP contribution is -2.51. The van der Waals surface area contributed by atoms with Crippen molar-refractivity contribution in [3.63, 3.8) is 0 Å². The maximum Gasteiger partial charge on any atom is 0.408 e. The number of halogens is 1. The van der Waals surface area contributed by atoms with E-state index in [2.05, 4.69) is 16.0 Å². The van der Waals surface area contributed by atoms with Crippen molar-refractivity contribution in [3.05, 3.63) is 34.9 Å². The molecule has 1 saturated carbocycles. The van der Waals surface area contributed by atoms with E-state index in [-0.39, 0.29) is 36.5 Å². The first-order valence-electron chi connectivity index (χ1n) is 12.6. The molecule has 3 atom stereocenters. The molecule has 8 nitrogen and oxygen atoms in total. The normalized spacial score (nSPS) is 21.6. The van der Waals surface area contributed by atoms with Gasteiger partial charge >= 0.3 is 6.09 Å². The van der Waals surface area contributed by atoms with E-state index in [0.717, 1.165) is 31.2 Å². The number of nitrogens with one attached hydrogen (secondary N) is 3. The Morgan fingerprint density at radius 1 is 1.20 bits per heavy atom. The minimum absolute atomic E-state index is 0.0377. The molecule has 3 rings (SSSR count). The Labute approximate surface area is 212 Å². The highest BCUT2D eigenvalue weighted by molar-refractivity contribution is 6.30. The van der Waals surface area contributed by atoms with Gasteiger partial charge in [-0.15, -0.1) is 0 Å². The van der Waals surface area contributed by atoms with Gasteiger partial charge in [-0.05, 0) is 56.7 Å². The fourth-order valence-corrected chi connectivity index (χ4v) is 5.37. The number of hydrogen-bond acceptors (Lipinski definition) is 5. The first-order valence-corrected chi connectivity index (χ1v) is 12.9. The maximum atomic E-state index is 13.2. The molecular formula is C26H38ClN3O5. The van der Waals surface area contributed by atoms with Crippen molar-refractivity contribution in [1.82, 2.24) is 16.0 Å². The van der Waals surface area contributed by atoms with Gasteiger partial charge < -0.3 is 25.8 Å². The Morgan fingerprint density at radius 2 is 1.94 bits per heavy atom. The van der Waals surface area contributed by atoms with E-state index in [1.54, 1.807) is 24.3 Å². The van der Waals surface area contributed by atoms with Crippen LogP contribution in [0.5, 0.6) is 0 Å². The fraction of sp³-hybridized carbons (Fsp3) is 0.654. The molecule has 0 spiro atoms. The number of rotatable bonds is 10. The number of carbonyl (C=O) groups is 3. The number of benzene rings is 1. The Balaban J connectivity index is 1.60. The smallest absolute Gasteiger partial charge is 0.408 e. The van der Waals surface area contributed by atoms with Crippen LogP contribution in [0.2, 0.25) is 5.02 Å². The molecule has 2 aliphatic rings. The van der Waals surface area contributed by atoms with Crippen molar-refractivity contribution >= 4 is 29.5 Å². The van der Waals surface area contributed by atoms with Crippen LogP contribution in [-0.4, -0.2) is 47.2 Å². The van der Waals surface area contributed by atoms with Crippen LogP contribution in [0.4, 0.5) is 4.79 Å². The summed E-state index contributed by atoms with van der Waals surface area (Å²) < 4.78 is 5.34. The summed E-state index contributed by atoms with van der Waals surface area (Å²) in [7, 11) is 0. The third-order valence-corrected chi connectivity index (χ3v) is 7.12. The predicted molar refractivity (Wildman–Crippen MR) is 134 cm³/mol. The summed E-state index contributed by atoms with van der Waals surface area (Å²) in [6.07, 6.45) is 6.26. The van der Waals surface area contributed by atoms with Gasteiger partial charge in [0.05, 0.1) is 12.6 Å². The second kappa shape index (κ2) is 12.6. The fourth-order valence-electron chi connectivity index (χ4n) is 5.16. The molecule has 0 aromatic heterocycles. The van der Waals surface area contributed by atoms with Crippen molar-refractivity contribution in [2.45, 2.75) is 89.4 Å². The minimum atomic E-state index is -0.784. The highest BCUT2D eigenvalue weighted by Gasteiger charge is 2.39.